The average molecular weight is 837 g/mol. The Balaban J connectivity index is 0.000000178. The third-order valence-electron chi connectivity index (χ3n) is 11.2. The van der Waals surface area contributed by atoms with Crippen molar-refractivity contribution in [1.29, 1.82) is 0 Å². The molecular weight excluding hydrogens is 779 g/mol. The van der Waals surface area contributed by atoms with Gasteiger partial charge in [-0.05, 0) is 71.6 Å². The van der Waals surface area contributed by atoms with Crippen molar-refractivity contribution in [3.05, 3.63) is 131 Å². The Morgan fingerprint density at radius 2 is 1.11 bits per heavy atom. The monoisotopic (exact) mass is 834 g/mol. The molecule has 6 aromatic rings. The van der Waals surface area contributed by atoms with E-state index in [0.29, 0.717) is 0 Å². The molecule has 6 aromatic carbocycles. The summed E-state index contributed by atoms with van der Waals surface area (Å²) in [6, 6.07) is 41.5. The van der Waals surface area contributed by atoms with Gasteiger partial charge in [0.1, 0.15) is 0 Å². The quantitative estimate of drug-likeness (QED) is 0.120. The first-order valence-electron chi connectivity index (χ1n) is 19.8. The van der Waals surface area contributed by atoms with Gasteiger partial charge in [0.05, 0.1) is 0 Å². The predicted molar refractivity (Wildman–Crippen MR) is 234 cm³/mol. The molecule has 0 unspecified atom stereocenters. The van der Waals surface area contributed by atoms with Gasteiger partial charge in [0, 0.05) is 9.52 Å². The molecule has 276 valence electrons. The molecule has 2 saturated carbocycles. The summed E-state index contributed by atoms with van der Waals surface area (Å²) in [5.74, 6) is 1.58. The second-order valence-electron chi connectivity index (χ2n) is 16.0. The second-order valence-corrected chi connectivity index (χ2v) is 20.7. The Morgan fingerprint density at radius 3 is 1.64 bits per heavy atom. The minimum absolute atomic E-state index is 0.209. The Labute approximate surface area is 342 Å². The molecule has 2 fully saturated rings. The van der Waals surface area contributed by atoms with E-state index in [1.54, 1.807) is 5.56 Å². The summed E-state index contributed by atoms with van der Waals surface area (Å²) in [4.78, 5) is 0. The number of hydrogen-bond donors (Lipinski definition) is 0. The van der Waals surface area contributed by atoms with Crippen LogP contribution in [0.2, 0.25) is 13.1 Å². The van der Waals surface area contributed by atoms with Crippen LogP contribution in [0.1, 0.15) is 120 Å². The van der Waals surface area contributed by atoms with E-state index in [1.807, 2.05) is 0 Å². The van der Waals surface area contributed by atoms with Gasteiger partial charge in [-0.2, -0.15) is 12.1 Å². The Kier molecular flexibility index (Phi) is 16.3. The molecule has 53 heavy (non-hydrogen) atoms. The maximum absolute atomic E-state index is 4.93. The van der Waals surface area contributed by atoms with Crippen molar-refractivity contribution in [3.63, 3.8) is 0 Å². The van der Waals surface area contributed by atoms with Crippen molar-refractivity contribution in [2.24, 2.45) is 0 Å². The molecule has 0 N–H and O–H groups in total. The zero-order valence-electron chi connectivity index (χ0n) is 32.9. The molecule has 0 amide bonds. The summed E-state index contributed by atoms with van der Waals surface area (Å²) in [6.45, 7) is 13.3. The molecule has 2 radical (unpaired) electrons. The van der Waals surface area contributed by atoms with Crippen molar-refractivity contribution in [2.75, 3.05) is 0 Å². The van der Waals surface area contributed by atoms with Gasteiger partial charge in [-0.15, -0.1) is 69.1 Å². The van der Waals surface area contributed by atoms with Gasteiger partial charge in [-0.3, -0.25) is 0 Å². The van der Waals surface area contributed by atoms with Gasteiger partial charge in [0.25, 0.3) is 0 Å². The summed E-state index contributed by atoms with van der Waals surface area (Å²) in [6.07, 6.45) is 13.6. The Hall–Kier alpha value is -2.22. The number of benzene rings is 4. The third-order valence-corrected chi connectivity index (χ3v) is 11.2. The van der Waals surface area contributed by atoms with Crippen molar-refractivity contribution >= 4 is 48.1 Å². The van der Waals surface area contributed by atoms with Crippen LogP contribution in [-0.2, 0) is 32.7 Å². The van der Waals surface area contributed by atoms with Crippen LogP contribution in [0, 0.1) is 0 Å². The summed E-state index contributed by atoms with van der Waals surface area (Å²) in [5.41, 5.74) is 11.6. The first-order chi connectivity index (χ1) is 25.7. The van der Waals surface area contributed by atoms with E-state index in [2.05, 4.69) is 150 Å². The zero-order valence-corrected chi connectivity index (χ0v) is 37.8. The van der Waals surface area contributed by atoms with E-state index < -0.39 is 20.8 Å². The van der Waals surface area contributed by atoms with Crippen molar-refractivity contribution in [1.82, 2.24) is 0 Å². The molecular formula is C49H58Cl2SiZr. The van der Waals surface area contributed by atoms with Crippen LogP contribution in [0.25, 0.3) is 43.8 Å². The van der Waals surface area contributed by atoms with Gasteiger partial charge in [-0.25, -0.2) is 0 Å². The first-order valence-corrected chi connectivity index (χ1v) is 28.2. The summed E-state index contributed by atoms with van der Waals surface area (Å²) in [7, 11) is 11.0. The molecule has 0 aliphatic heterocycles. The molecule has 4 heteroatoms. The fourth-order valence-corrected chi connectivity index (χ4v) is 8.28. The molecule has 0 aromatic heterocycles. The van der Waals surface area contributed by atoms with Crippen LogP contribution in [0.15, 0.2) is 109 Å². The second kappa shape index (κ2) is 20.6. The number of halogens is 2. The average Bonchev–Trinajstić information content (AvgIpc) is 3.96. The number of hydrogen-bond acceptors (Lipinski definition) is 0. The van der Waals surface area contributed by atoms with E-state index in [4.69, 9.17) is 17.0 Å². The van der Waals surface area contributed by atoms with Gasteiger partial charge >= 0.3 is 37.9 Å². The summed E-state index contributed by atoms with van der Waals surface area (Å²) in [5, 5.41) is 5.59. The molecule has 8 rings (SSSR count). The predicted octanol–water partition coefficient (Wildman–Crippen LogP) is 16.2. The third kappa shape index (κ3) is 11.2. The van der Waals surface area contributed by atoms with Crippen molar-refractivity contribution in [2.45, 2.75) is 122 Å². The van der Waals surface area contributed by atoms with E-state index in [9.17, 15) is 0 Å². The van der Waals surface area contributed by atoms with Crippen LogP contribution in [0.4, 0.5) is 0 Å². The Bertz CT molecular complexity index is 1960. The summed E-state index contributed by atoms with van der Waals surface area (Å²) >= 11 is -0.826. The van der Waals surface area contributed by atoms with E-state index in [1.165, 1.54) is 118 Å². The normalized spacial score (nSPS) is 14.8. The molecule has 0 spiro atoms. The number of aryl methyl sites for hydroxylation is 1. The van der Waals surface area contributed by atoms with Crippen LogP contribution < -0.4 is 0 Å². The van der Waals surface area contributed by atoms with Gasteiger partial charge in [-0.1, -0.05) is 145 Å². The van der Waals surface area contributed by atoms with Crippen LogP contribution >= 0.6 is 17.0 Å². The molecule has 2 aliphatic rings. The Morgan fingerprint density at radius 1 is 0.642 bits per heavy atom. The molecule has 0 atom stereocenters. The standard InChI is InChI=1S/C24H27.C23H25.C2H6Si.2ClH.Zr/c1-24(2,3)21-13-11-18(12-14-21)22-10-6-9-19-15-20(16-23(19)22)17-7-4-5-8-17;1-2-17-15-21-9-6-10-22(23(21)16-17)20-13-11-19(12-14-20)18-7-4-3-5-8-18;1-3-2;;;/h6,9-17H,4-5,7-8H2,1-3H3;6,9-16,18H,2-5,7-8H2,1H3;1-2H3;2*1H;/q2*-1;;;;+4/p-2. The first kappa shape index (κ1) is 41.9. The zero-order chi connectivity index (χ0) is 37.8. The van der Waals surface area contributed by atoms with Gasteiger partial charge in [0.15, 0.2) is 0 Å². The van der Waals surface area contributed by atoms with Crippen molar-refractivity contribution < 1.29 is 20.8 Å². The topological polar surface area (TPSA) is 0 Å². The van der Waals surface area contributed by atoms with Crippen molar-refractivity contribution in [3.8, 4) is 22.3 Å². The SMILES string of the molecule is CC(C)(C)c1ccc(-c2cccc3[cH-]c(C4CCCC4)cc23)cc1.CCc1cc2c(-c3ccc(C4CCCCC4)cc3)cccc2[cH-]1.C[Si]C.[Cl][Zr+2][Cl]. The minimum atomic E-state index is -0.826. The summed E-state index contributed by atoms with van der Waals surface area (Å²) < 4.78 is 0. The van der Waals surface area contributed by atoms with Crippen LogP contribution in [0.3, 0.4) is 0 Å². The number of fused-ring (bicyclic) bond motifs is 2. The fraction of sp³-hybridized carbons (Fsp3) is 0.388. The molecule has 2 aliphatic carbocycles. The van der Waals surface area contributed by atoms with Crippen LogP contribution in [-0.4, -0.2) is 9.52 Å². The number of rotatable bonds is 5. The molecule has 0 saturated heterocycles. The van der Waals surface area contributed by atoms with E-state index >= 15 is 0 Å². The maximum atomic E-state index is 4.93. The van der Waals surface area contributed by atoms with E-state index in [0.717, 1.165) is 27.8 Å². The van der Waals surface area contributed by atoms with E-state index in [-0.39, 0.29) is 5.41 Å². The van der Waals surface area contributed by atoms with Gasteiger partial charge < -0.3 is 0 Å². The van der Waals surface area contributed by atoms with Crippen LogP contribution in [0.5, 0.6) is 0 Å². The molecule has 0 bridgehead atoms. The molecule has 0 nitrogen and oxygen atoms in total. The molecule has 0 heterocycles. The fourth-order valence-electron chi connectivity index (χ4n) is 8.28. The van der Waals surface area contributed by atoms with Gasteiger partial charge in [0.2, 0.25) is 0 Å².